The third-order valence-electron chi connectivity index (χ3n) is 6.59. The highest BCUT2D eigenvalue weighted by atomic mass is 35.5. The number of nitrogens with zero attached hydrogens (tertiary/aromatic N) is 2. The van der Waals surface area contributed by atoms with Gasteiger partial charge in [-0.05, 0) is 55.9 Å². The quantitative estimate of drug-likeness (QED) is 0.650. The van der Waals surface area contributed by atoms with E-state index in [0.29, 0.717) is 24.0 Å². The lowest BCUT2D eigenvalue weighted by Crippen LogP contribution is -2.51. The van der Waals surface area contributed by atoms with E-state index in [4.69, 9.17) is 11.6 Å². The van der Waals surface area contributed by atoms with E-state index in [1.54, 1.807) is 0 Å². The van der Waals surface area contributed by atoms with Gasteiger partial charge in [0.2, 0.25) is 5.91 Å². The maximum atomic E-state index is 13.3. The molecule has 4 rings (SSSR count). The molecule has 154 valence electrons. The number of hydrogen-bond donors (Lipinski definition) is 0. The van der Waals surface area contributed by atoms with Crippen LogP contribution in [0.2, 0.25) is 5.02 Å². The molecule has 1 aliphatic heterocycles. The SMILES string of the molecule is Cc1ccc(CN(C(=O)Cc2ccc(Cl)cc2)C2CCN(C3CCC3)CC2)cc1. The van der Waals surface area contributed by atoms with Crippen LogP contribution in [0, 0.1) is 6.92 Å². The van der Waals surface area contributed by atoms with Gasteiger partial charge in [0.1, 0.15) is 0 Å². The summed E-state index contributed by atoms with van der Waals surface area (Å²) in [6.45, 7) is 5.03. The maximum absolute atomic E-state index is 13.3. The predicted octanol–water partition coefficient (Wildman–Crippen LogP) is 5.24. The Morgan fingerprint density at radius 3 is 2.17 bits per heavy atom. The lowest BCUT2D eigenvalue weighted by Gasteiger charge is -2.44. The van der Waals surface area contributed by atoms with Gasteiger partial charge in [-0.2, -0.15) is 0 Å². The normalized spacial score (nSPS) is 18.4. The van der Waals surface area contributed by atoms with Gasteiger partial charge < -0.3 is 9.80 Å². The Bertz CT molecular complexity index is 806. The number of halogens is 1. The number of benzene rings is 2. The van der Waals surface area contributed by atoms with Gasteiger partial charge in [-0.15, -0.1) is 0 Å². The van der Waals surface area contributed by atoms with Gasteiger partial charge in [-0.1, -0.05) is 60.0 Å². The second kappa shape index (κ2) is 9.32. The Hall–Kier alpha value is -1.84. The van der Waals surface area contributed by atoms with Crippen molar-refractivity contribution < 1.29 is 4.79 Å². The molecular formula is C25H31ClN2O. The Labute approximate surface area is 179 Å². The maximum Gasteiger partial charge on any atom is 0.227 e. The fourth-order valence-electron chi connectivity index (χ4n) is 4.50. The third-order valence-corrected chi connectivity index (χ3v) is 6.85. The van der Waals surface area contributed by atoms with E-state index in [-0.39, 0.29) is 5.91 Å². The van der Waals surface area contributed by atoms with Gasteiger partial charge in [0.25, 0.3) is 0 Å². The molecular weight excluding hydrogens is 380 g/mol. The van der Waals surface area contributed by atoms with E-state index < -0.39 is 0 Å². The van der Waals surface area contributed by atoms with Crippen molar-refractivity contribution >= 4 is 17.5 Å². The minimum Gasteiger partial charge on any atom is -0.335 e. The van der Waals surface area contributed by atoms with Gasteiger partial charge in [0.05, 0.1) is 6.42 Å². The first kappa shape index (κ1) is 20.4. The fraction of sp³-hybridized carbons (Fsp3) is 0.480. The summed E-state index contributed by atoms with van der Waals surface area (Å²) in [5, 5.41) is 0.709. The average molecular weight is 411 g/mol. The molecule has 1 saturated carbocycles. The van der Waals surface area contributed by atoms with Gasteiger partial charge >= 0.3 is 0 Å². The number of aryl methyl sites for hydroxylation is 1. The topological polar surface area (TPSA) is 23.6 Å². The van der Waals surface area contributed by atoms with Crippen LogP contribution in [0.1, 0.15) is 48.8 Å². The third kappa shape index (κ3) is 5.21. The summed E-state index contributed by atoms with van der Waals surface area (Å²) in [4.78, 5) is 18.1. The molecule has 1 heterocycles. The molecule has 0 radical (unpaired) electrons. The molecule has 29 heavy (non-hydrogen) atoms. The Morgan fingerprint density at radius 1 is 0.966 bits per heavy atom. The molecule has 0 spiro atoms. The summed E-state index contributed by atoms with van der Waals surface area (Å²) in [7, 11) is 0. The molecule has 2 aromatic rings. The summed E-state index contributed by atoms with van der Waals surface area (Å²) in [5.41, 5.74) is 3.49. The Kier molecular flexibility index (Phi) is 6.56. The van der Waals surface area contributed by atoms with Gasteiger partial charge in [-0.3, -0.25) is 4.79 Å². The van der Waals surface area contributed by atoms with E-state index in [1.807, 2.05) is 24.3 Å². The van der Waals surface area contributed by atoms with E-state index in [2.05, 4.69) is 41.0 Å². The molecule has 4 heteroatoms. The second-order valence-corrected chi connectivity index (χ2v) is 9.10. The molecule has 1 amide bonds. The largest absolute Gasteiger partial charge is 0.335 e. The van der Waals surface area contributed by atoms with Crippen LogP contribution in [0.5, 0.6) is 0 Å². The van der Waals surface area contributed by atoms with Crippen LogP contribution in [0.25, 0.3) is 0 Å². The summed E-state index contributed by atoms with van der Waals surface area (Å²) in [6, 6.07) is 17.4. The number of piperidine rings is 1. The highest BCUT2D eigenvalue weighted by Gasteiger charge is 2.32. The molecule has 3 nitrogen and oxygen atoms in total. The van der Waals surface area contributed by atoms with Crippen molar-refractivity contribution in [3.05, 3.63) is 70.2 Å². The van der Waals surface area contributed by atoms with Crippen molar-refractivity contribution in [2.75, 3.05) is 13.1 Å². The number of amides is 1. The highest BCUT2D eigenvalue weighted by molar-refractivity contribution is 6.30. The van der Waals surface area contributed by atoms with Gasteiger partial charge in [0.15, 0.2) is 0 Å². The van der Waals surface area contributed by atoms with Crippen LogP contribution in [0.15, 0.2) is 48.5 Å². The van der Waals surface area contributed by atoms with E-state index in [1.165, 1.54) is 30.4 Å². The summed E-state index contributed by atoms with van der Waals surface area (Å²) < 4.78 is 0. The predicted molar refractivity (Wildman–Crippen MR) is 119 cm³/mol. The summed E-state index contributed by atoms with van der Waals surface area (Å²) in [6.07, 6.45) is 6.68. The average Bonchev–Trinajstić information content (AvgIpc) is 2.69. The zero-order valence-corrected chi connectivity index (χ0v) is 18.1. The first-order valence-electron chi connectivity index (χ1n) is 10.9. The smallest absolute Gasteiger partial charge is 0.227 e. The van der Waals surface area contributed by atoms with E-state index >= 15 is 0 Å². The first-order chi connectivity index (χ1) is 14.1. The molecule has 0 unspecified atom stereocenters. The molecule has 0 atom stereocenters. The van der Waals surface area contributed by atoms with Crippen LogP contribution in [0.4, 0.5) is 0 Å². The van der Waals surface area contributed by atoms with Crippen molar-refractivity contribution in [2.24, 2.45) is 0 Å². The summed E-state index contributed by atoms with van der Waals surface area (Å²) in [5.74, 6) is 0.218. The van der Waals surface area contributed by atoms with E-state index in [0.717, 1.165) is 37.5 Å². The van der Waals surface area contributed by atoms with Crippen molar-refractivity contribution in [1.29, 1.82) is 0 Å². The number of likely N-dealkylation sites (tertiary alicyclic amines) is 1. The van der Waals surface area contributed by atoms with Crippen molar-refractivity contribution in [3.8, 4) is 0 Å². The zero-order chi connectivity index (χ0) is 20.2. The number of hydrogen-bond acceptors (Lipinski definition) is 2. The van der Waals surface area contributed by atoms with E-state index in [9.17, 15) is 4.79 Å². The van der Waals surface area contributed by atoms with Crippen LogP contribution in [-0.4, -0.2) is 40.9 Å². The summed E-state index contributed by atoms with van der Waals surface area (Å²) >= 11 is 6.01. The van der Waals surface area contributed by atoms with Gasteiger partial charge in [-0.25, -0.2) is 0 Å². The monoisotopic (exact) mass is 410 g/mol. The molecule has 0 bridgehead atoms. The van der Waals surface area contributed by atoms with Crippen LogP contribution >= 0.6 is 11.6 Å². The molecule has 1 saturated heterocycles. The number of carbonyl (C=O) groups excluding carboxylic acids is 1. The molecule has 2 aliphatic rings. The van der Waals surface area contributed by atoms with Crippen LogP contribution in [0.3, 0.4) is 0 Å². The van der Waals surface area contributed by atoms with Crippen LogP contribution < -0.4 is 0 Å². The van der Waals surface area contributed by atoms with Crippen molar-refractivity contribution in [3.63, 3.8) is 0 Å². The van der Waals surface area contributed by atoms with Crippen molar-refractivity contribution in [2.45, 2.75) is 64.1 Å². The molecule has 2 fully saturated rings. The second-order valence-electron chi connectivity index (χ2n) is 8.66. The zero-order valence-electron chi connectivity index (χ0n) is 17.3. The Balaban J connectivity index is 1.46. The lowest BCUT2D eigenvalue weighted by atomic mass is 9.89. The van der Waals surface area contributed by atoms with Crippen molar-refractivity contribution in [1.82, 2.24) is 9.80 Å². The molecule has 1 aliphatic carbocycles. The van der Waals surface area contributed by atoms with Crippen LogP contribution in [-0.2, 0) is 17.8 Å². The fourth-order valence-corrected chi connectivity index (χ4v) is 4.63. The minimum absolute atomic E-state index is 0.218. The number of carbonyl (C=O) groups is 1. The highest BCUT2D eigenvalue weighted by Crippen LogP contribution is 2.29. The standard InChI is InChI=1S/C25H31ClN2O/c1-19-5-7-21(8-6-19)18-28(25(29)17-20-9-11-22(26)12-10-20)24-13-15-27(16-14-24)23-3-2-4-23/h5-12,23-24H,2-4,13-18H2,1H3. The minimum atomic E-state index is 0.218. The molecule has 2 aromatic carbocycles. The lowest BCUT2D eigenvalue weighted by molar-refractivity contribution is -0.134. The first-order valence-corrected chi connectivity index (χ1v) is 11.3. The Morgan fingerprint density at radius 2 is 1.59 bits per heavy atom. The number of rotatable bonds is 6. The molecule has 0 aromatic heterocycles. The van der Waals surface area contributed by atoms with Gasteiger partial charge in [0, 0.05) is 36.7 Å². The molecule has 0 N–H and O–H groups in total.